The predicted molar refractivity (Wildman–Crippen MR) is 91.8 cm³/mol. The van der Waals surface area contributed by atoms with Crippen molar-refractivity contribution < 1.29 is 4.74 Å². The summed E-state index contributed by atoms with van der Waals surface area (Å²) < 4.78 is 5.55. The number of ether oxygens (including phenoxy) is 1. The molecule has 4 rings (SSSR count). The monoisotopic (exact) mass is 322 g/mol. The number of hydrogen-bond acceptors (Lipinski definition) is 4. The molecule has 122 valence electrons. The van der Waals surface area contributed by atoms with Crippen LogP contribution < -0.4 is 10.9 Å². The summed E-state index contributed by atoms with van der Waals surface area (Å²) in [4.78, 5) is 14.4. The molecule has 0 spiro atoms. The SMILES string of the molecule is O=c1[nH]cccc1CNc1cccc(-c2n[nH]c3c2COCC3)c1. The molecule has 0 saturated carbocycles. The summed E-state index contributed by atoms with van der Waals surface area (Å²) in [5.74, 6) is 0. The Bertz CT molecular complexity index is 913. The number of nitrogens with zero attached hydrogens (tertiary/aromatic N) is 1. The quantitative estimate of drug-likeness (QED) is 0.689. The first-order valence-electron chi connectivity index (χ1n) is 7.96. The number of nitrogens with one attached hydrogen (secondary N) is 3. The molecule has 6 nitrogen and oxygen atoms in total. The van der Waals surface area contributed by atoms with Crippen LogP contribution in [-0.2, 0) is 24.3 Å². The molecule has 6 heteroatoms. The van der Waals surface area contributed by atoms with Crippen molar-refractivity contribution in [3.63, 3.8) is 0 Å². The Hall–Kier alpha value is -2.86. The molecular formula is C18H18N4O2. The molecule has 24 heavy (non-hydrogen) atoms. The van der Waals surface area contributed by atoms with Gasteiger partial charge in [-0.2, -0.15) is 5.10 Å². The molecule has 1 aliphatic rings. The lowest BCUT2D eigenvalue weighted by molar-refractivity contribution is 0.110. The lowest BCUT2D eigenvalue weighted by Gasteiger charge is -2.13. The number of rotatable bonds is 4. The first-order valence-corrected chi connectivity index (χ1v) is 7.96. The number of H-pyrrole nitrogens is 2. The summed E-state index contributed by atoms with van der Waals surface area (Å²) in [7, 11) is 0. The number of pyridine rings is 1. The third-order valence-corrected chi connectivity index (χ3v) is 4.21. The van der Waals surface area contributed by atoms with Gasteiger partial charge in [0.2, 0.25) is 0 Å². The van der Waals surface area contributed by atoms with Crippen LogP contribution in [0.15, 0.2) is 47.4 Å². The first-order chi connectivity index (χ1) is 11.8. The van der Waals surface area contributed by atoms with Gasteiger partial charge in [0, 0.05) is 47.2 Å². The molecule has 0 aliphatic carbocycles. The molecular weight excluding hydrogens is 304 g/mol. The molecule has 3 heterocycles. The maximum Gasteiger partial charge on any atom is 0.252 e. The molecule has 3 N–H and O–H groups in total. The number of anilines is 1. The summed E-state index contributed by atoms with van der Waals surface area (Å²) in [6.45, 7) is 1.81. The van der Waals surface area contributed by atoms with Crippen molar-refractivity contribution in [2.24, 2.45) is 0 Å². The van der Waals surface area contributed by atoms with E-state index in [0.717, 1.165) is 41.2 Å². The van der Waals surface area contributed by atoms with Crippen LogP contribution in [0.2, 0.25) is 0 Å². The van der Waals surface area contributed by atoms with Crippen molar-refractivity contribution in [2.75, 3.05) is 11.9 Å². The van der Waals surface area contributed by atoms with Crippen LogP contribution in [0.3, 0.4) is 0 Å². The van der Waals surface area contributed by atoms with E-state index in [4.69, 9.17) is 4.74 Å². The van der Waals surface area contributed by atoms with Crippen LogP contribution in [0.5, 0.6) is 0 Å². The van der Waals surface area contributed by atoms with Crippen LogP contribution in [-0.4, -0.2) is 21.8 Å². The van der Waals surface area contributed by atoms with Gasteiger partial charge in [-0.25, -0.2) is 0 Å². The Morgan fingerprint density at radius 2 is 2.21 bits per heavy atom. The predicted octanol–water partition coefficient (Wildman–Crippen LogP) is 2.45. The fourth-order valence-electron chi connectivity index (χ4n) is 2.92. The van der Waals surface area contributed by atoms with Crippen molar-refractivity contribution >= 4 is 5.69 Å². The highest BCUT2D eigenvalue weighted by molar-refractivity contribution is 5.68. The average molecular weight is 322 g/mol. The third-order valence-electron chi connectivity index (χ3n) is 4.21. The lowest BCUT2D eigenvalue weighted by Crippen LogP contribution is -2.14. The van der Waals surface area contributed by atoms with Crippen LogP contribution in [0.4, 0.5) is 5.69 Å². The van der Waals surface area contributed by atoms with E-state index in [0.29, 0.717) is 18.7 Å². The molecule has 3 aromatic rings. The maximum atomic E-state index is 11.7. The Labute approximate surface area is 138 Å². The summed E-state index contributed by atoms with van der Waals surface area (Å²) >= 11 is 0. The van der Waals surface area contributed by atoms with Crippen LogP contribution in [0.1, 0.15) is 16.8 Å². The van der Waals surface area contributed by atoms with E-state index >= 15 is 0 Å². The van der Waals surface area contributed by atoms with E-state index in [9.17, 15) is 4.79 Å². The zero-order chi connectivity index (χ0) is 16.4. The summed E-state index contributed by atoms with van der Waals surface area (Å²) in [6.07, 6.45) is 2.51. The van der Waals surface area contributed by atoms with E-state index in [-0.39, 0.29) is 5.56 Å². The minimum Gasteiger partial charge on any atom is -0.381 e. The van der Waals surface area contributed by atoms with Gasteiger partial charge in [-0.05, 0) is 18.2 Å². The van der Waals surface area contributed by atoms with Crippen LogP contribution >= 0.6 is 0 Å². The first kappa shape index (κ1) is 14.7. The minimum absolute atomic E-state index is 0.0697. The van der Waals surface area contributed by atoms with E-state index in [1.165, 1.54) is 0 Å². The summed E-state index contributed by atoms with van der Waals surface area (Å²) in [5, 5.41) is 10.9. The van der Waals surface area contributed by atoms with Crippen LogP contribution in [0, 0.1) is 0 Å². The Kier molecular flexibility index (Phi) is 3.88. The largest absolute Gasteiger partial charge is 0.381 e. The number of aromatic nitrogens is 3. The van der Waals surface area contributed by atoms with Crippen molar-refractivity contribution in [1.29, 1.82) is 0 Å². The Balaban J connectivity index is 1.57. The number of benzene rings is 1. The molecule has 0 fully saturated rings. The standard InChI is InChI=1S/C18H18N4O2/c23-18-13(4-2-7-19-18)10-20-14-5-1-3-12(9-14)17-15-11-24-8-6-16(15)21-22-17/h1-5,7,9,20H,6,8,10-11H2,(H,19,23)(H,21,22). The third kappa shape index (κ3) is 2.83. The minimum atomic E-state index is -0.0697. The molecule has 0 atom stereocenters. The maximum absolute atomic E-state index is 11.7. The van der Waals surface area contributed by atoms with Gasteiger partial charge in [0.1, 0.15) is 0 Å². The van der Waals surface area contributed by atoms with Gasteiger partial charge in [0.15, 0.2) is 0 Å². The van der Waals surface area contributed by atoms with Crippen molar-refractivity contribution in [2.45, 2.75) is 19.6 Å². The van der Waals surface area contributed by atoms with Crippen molar-refractivity contribution in [3.05, 3.63) is 69.8 Å². The van der Waals surface area contributed by atoms with E-state index in [1.807, 2.05) is 36.4 Å². The number of fused-ring (bicyclic) bond motifs is 1. The van der Waals surface area contributed by atoms with E-state index in [2.05, 4.69) is 20.5 Å². The molecule has 0 bridgehead atoms. The summed E-state index contributed by atoms with van der Waals surface area (Å²) in [6, 6.07) is 11.7. The zero-order valence-corrected chi connectivity index (χ0v) is 13.1. The van der Waals surface area contributed by atoms with E-state index < -0.39 is 0 Å². The normalized spacial score (nSPS) is 13.5. The molecule has 0 unspecified atom stereocenters. The number of hydrogen-bond donors (Lipinski definition) is 3. The average Bonchev–Trinajstić information content (AvgIpc) is 3.05. The highest BCUT2D eigenvalue weighted by Crippen LogP contribution is 2.28. The topological polar surface area (TPSA) is 82.8 Å². The molecule has 1 aliphatic heterocycles. The second kappa shape index (κ2) is 6.33. The van der Waals surface area contributed by atoms with Gasteiger partial charge in [0.05, 0.1) is 18.9 Å². The molecule has 0 saturated heterocycles. The second-order valence-electron chi connectivity index (χ2n) is 5.79. The van der Waals surface area contributed by atoms with Gasteiger partial charge in [-0.3, -0.25) is 9.89 Å². The fraction of sp³-hybridized carbons (Fsp3) is 0.222. The van der Waals surface area contributed by atoms with Gasteiger partial charge >= 0.3 is 0 Å². The van der Waals surface area contributed by atoms with Gasteiger partial charge in [-0.15, -0.1) is 0 Å². The van der Waals surface area contributed by atoms with Gasteiger partial charge in [-0.1, -0.05) is 18.2 Å². The summed E-state index contributed by atoms with van der Waals surface area (Å²) in [5.41, 5.74) is 5.84. The molecule has 0 amide bonds. The Morgan fingerprint density at radius 3 is 3.12 bits per heavy atom. The van der Waals surface area contributed by atoms with Gasteiger partial charge < -0.3 is 15.0 Å². The lowest BCUT2D eigenvalue weighted by atomic mass is 10.0. The molecule has 1 aromatic carbocycles. The smallest absolute Gasteiger partial charge is 0.252 e. The molecule has 0 radical (unpaired) electrons. The number of aromatic amines is 2. The second-order valence-corrected chi connectivity index (χ2v) is 5.79. The van der Waals surface area contributed by atoms with Crippen LogP contribution in [0.25, 0.3) is 11.3 Å². The van der Waals surface area contributed by atoms with Gasteiger partial charge in [0.25, 0.3) is 5.56 Å². The Morgan fingerprint density at radius 1 is 1.25 bits per heavy atom. The zero-order valence-electron chi connectivity index (χ0n) is 13.1. The highest BCUT2D eigenvalue weighted by Gasteiger charge is 2.18. The van der Waals surface area contributed by atoms with Crippen molar-refractivity contribution in [1.82, 2.24) is 15.2 Å². The van der Waals surface area contributed by atoms with E-state index in [1.54, 1.807) is 6.20 Å². The highest BCUT2D eigenvalue weighted by atomic mass is 16.5. The van der Waals surface area contributed by atoms with Crippen molar-refractivity contribution in [3.8, 4) is 11.3 Å². The molecule has 2 aromatic heterocycles. The fourth-order valence-corrected chi connectivity index (χ4v) is 2.92.